The van der Waals surface area contributed by atoms with Crippen molar-refractivity contribution in [1.29, 1.82) is 0 Å². The van der Waals surface area contributed by atoms with Crippen LogP contribution in [0.3, 0.4) is 0 Å². The molecule has 0 heterocycles. The molecule has 0 rings (SSSR count). The molecule has 0 aromatic carbocycles. The third kappa shape index (κ3) is 8.13. The molecule has 0 fully saturated rings. The summed E-state index contributed by atoms with van der Waals surface area (Å²) in [4.78, 5) is 0. The van der Waals surface area contributed by atoms with Crippen LogP contribution in [0.4, 0.5) is 0 Å². The van der Waals surface area contributed by atoms with Crippen molar-refractivity contribution in [3.8, 4) is 0 Å². The van der Waals surface area contributed by atoms with Gasteiger partial charge < -0.3 is 14.9 Å². The van der Waals surface area contributed by atoms with Crippen LogP contribution in [0.2, 0.25) is 0 Å². The molecule has 0 saturated heterocycles. The van der Waals surface area contributed by atoms with E-state index in [0.717, 1.165) is 12.2 Å². The third-order valence-electron chi connectivity index (χ3n) is 1.12. The van der Waals surface area contributed by atoms with Gasteiger partial charge >= 0.3 is 0 Å². The van der Waals surface area contributed by atoms with Crippen molar-refractivity contribution in [3.05, 3.63) is 0 Å². The van der Waals surface area contributed by atoms with Gasteiger partial charge in [-0.15, -0.1) is 0 Å². The van der Waals surface area contributed by atoms with Crippen molar-refractivity contribution in [3.63, 3.8) is 0 Å². The molecular formula is C7H16O3S. The molecule has 2 N–H and O–H groups in total. The van der Waals surface area contributed by atoms with E-state index < -0.39 is 0 Å². The maximum atomic E-state index is 9.14. The van der Waals surface area contributed by atoms with E-state index in [4.69, 9.17) is 14.9 Å². The Morgan fingerprint density at radius 1 is 1.55 bits per heavy atom. The molecule has 1 unspecified atom stereocenters. The van der Waals surface area contributed by atoms with E-state index in [2.05, 4.69) is 0 Å². The van der Waals surface area contributed by atoms with Gasteiger partial charge in [-0.05, 0) is 12.2 Å². The summed E-state index contributed by atoms with van der Waals surface area (Å²) in [5.74, 6) is 1.59. The Kier molecular flexibility index (Phi) is 8.50. The van der Waals surface area contributed by atoms with Crippen LogP contribution in [0.1, 0.15) is 6.42 Å². The van der Waals surface area contributed by atoms with Gasteiger partial charge in [0, 0.05) is 19.5 Å². The number of ether oxygens (including phenoxy) is 1. The summed E-state index contributed by atoms with van der Waals surface area (Å²) in [6.07, 6.45) is 0.424. The lowest BCUT2D eigenvalue weighted by molar-refractivity contribution is 0.0794. The second-order valence-electron chi connectivity index (χ2n) is 2.26. The minimum atomic E-state index is -0.372. The van der Waals surface area contributed by atoms with E-state index >= 15 is 0 Å². The van der Waals surface area contributed by atoms with E-state index in [1.165, 1.54) is 0 Å². The fraction of sp³-hybridized carbons (Fsp3) is 1.00. The molecule has 0 aliphatic rings. The number of thioether (sulfide) groups is 1. The van der Waals surface area contributed by atoms with Gasteiger partial charge in [0.1, 0.15) is 0 Å². The maximum absolute atomic E-state index is 9.14. The number of hydrogen-bond acceptors (Lipinski definition) is 4. The van der Waals surface area contributed by atoms with Gasteiger partial charge in [0.25, 0.3) is 0 Å². The molecule has 0 bridgehead atoms. The van der Waals surface area contributed by atoms with Crippen molar-refractivity contribution >= 4 is 11.8 Å². The van der Waals surface area contributed by atoms with E-state index in [-0.39, 0.29) is 12.7 Å². The zero-order valence-electron chi connectivity index (χ0n) is 6.82. The van der Waals surface area contributed by atoms with Crippen molar-refractivity contribution in [2.45, 2.75) is 12.5 Å². The quantitative estimate of drug-likeness (QED) is 0.546. The first kappa shape index (κ1) is 11.2. The van der Waals surface area contributed by atoms with Crippen LogP contribution in [0.25, 0.3) is 0 Å². The van der Waals surface area contributed by atoms with Crippen LogP contribution in [0.15, 0.2) is 0 Å². The van der Waals surface area contributed by atoms with Gasteiger partial charge in [0.15, 0.2) is 0 Å². The van der Waals surface area contributed by atoms with E-state index in [1.54, 1.807) is 18.9 Å². The monoisotopic (exact) mass is 180 g/mol. The van der Waals surface area contributed by atoms with E-state index in [0.29, 0.717) is 12.4 Å². The summed E-state index contributed by atoms with van der Waals surface area (Å²) in [5, 5.41) is 17.6. The van der Waals surface area contributed by atoms with Gasteiger partial charge in [-0.1, -0.05) is 0 Å². The highest BCUT2D eigenvalue weighted by Crippen LogP contribution is 2.04. The Morgan fingerprint density at radius 2 is 2.27 bits per heavy atom. The average molecular weight is 180 g/mol. The lowest BCUT2D eigenvalue weighted by Gasteiger charge is -2.07. The van der Waals surface area contributed by atoms with Crippen LogP contribution in [0.5, 0.6) is 0 Å². The Hall–Kier alpha value is 0.230. The van der Waals surface area contributed by atoms with Crippen LogP contribution < -0.4 is 0 Å². The molecule has 0 aromatic heterocycles. The minimum Gasteiger partial charge on any atom is -0.396 e. The normalized spacial score (nSPS) is 13.4. The van der Waals surface area contributed by atoms with Crippen LogP contribution >= 0.6 is 11.8 Å². The summed E-state index contributed by atoms with van der Waals surface area (Å²) < 4.78 is 4.75. The number of methoxy groups -OCH3 is 1. The zero-order valence-corrected chi connectivity index (χ0v) is 7.64. The smallest absolute Gasteiger partial charge is 0.0863 e. The molecule has 3 nitrogen and oxygen atoms in total. The molecule has 0 saturated carbocycles. The molecule has 0 radical (unpaired) electrons. The lowest BCUT2D eigenvalue weighted by Crippen LogP contribution is -2.16. The minimum absolute atomic E-state index is 0.230. The Bertz CT molecular complexity index is 80.1. The molecule has 0 aliphatic carbocycles. The van der Waals surface area contributed by atoms with Crippen molar-refractivity contribution < 1.29 is 14.9 Å². The predicted molar refractivity (Wildman–Crippen MR) is 46.9 cm³/mol. The molecule has 1 atom stereocenters. The van der Waals surface area contributed by atoms with Crippen LogP contribution in [-0.2, 0) is 4.74 Å². The van der Waals surface area contributed by atoms with Gasteiger partial charge in [-0.25, -0.2) is 0 Å². The highest BCUT2D eigenvalue weighted by Gasteiger charge is 2.01. The first-order valence-electron chi connectivity index (χ1n) is 3.67. The van der Waals surface area contributed by atoms with Gasteiger partial charge in [-0.2, -0.15) is 11.8 Å². The van der Waals surface area contributed by atoms with Gasteiger partial charge in [0.05, 0.1) is 12.7 Å². The summed E-state index contributed by atoms with van der Waals surface area (Å²) in [6, 6.07) is 0. The standard InChI is InChI=1S/C7H16O3S/c1-10-5-7(9)6-11-4-2-3-8/h7-9H,2-6H2,1H3. The summed E-state index contributed by atoms with van der Waals surface area (Å²) in [5.41, 5.74) is 0. The largest absolute Gasteiger partial charge is 0.396 e. The summed E-state index contributed by atoms with van der Waals surface area (Å²) in [7, 11) is 1.57. The van der Waals surface area contributed by atoms with Gasteiger partial charge in [-0.3, -0.25) is 0 Å². The first-order chi connectivity index (χ1) is 5.31. The Balaban J connectivity index is 2.97. The number of rotatable bonds is 7. The predicted octanol–water partition coefficient (Wildman–Crippen LogP) is 0.109. The Morgan fingerprint density at radius 3 is 2.82 bits per heavy atom. The molecule has 4 heteroatoms. The second-order valence-corrected chi connectivity index (χ2v) is 3.41. The van der Waals surface area contributed by atoms with Crippen molar-refractivity contribution in [2.75, 3.05) is 31.8 Å². The third-order valence-corrected chi connectivity index (χ3v) is 2.31. The van der Waals surface area contributed by atoms with Crippen molar-refractivity contribution in [1.82, 2.24) is 0 Å². The van der Waals surface area contributed by atoms with Crippen LogP contribution in [0, 0.1) is 0 Å². The van der Waals surface area contributed by atoms with Gasteiger partial charge in [0.2, 0.25) is 0 Å². The maximum Gasteiger partial charge on any atom is 0.0863 e. The summed E-state index contributed by atoms with van der Waals surface area (Å²) >= 11 is 1.64. The lowest BCUT2D eigenvalue weighted by atomic mass is 10.4. The van der Waals surface area contributed by atoms with Crippen molar-refractivity contribution in [2.24, 2.45) is 0 Å². The first-order valence-corrected chi connectivity index (χ1v) is 4.82. The molecular weight excluding hydrogens is 164 g/mol. The summed E-state index contributed by atoms with van der Waals surface area (Å²) in [6.45, 7) is 0.625. The zero-order chi connectivity index (χ0) is 8.53. The fourth-order valence-electron chi connectivity index (χ4n) is 0.626. The highest BCUT2D eigenvalue weighted by atomic mass is 32.2. The number of aliphatic hydroxyl groups is 2. The van der Waals surface area contributed by atoms with E-state index in [1.807, 2.05) is 0 Å². The molecule has 0 spiro atoms. The molecule has 0 amide bonds. The second kappa shape index (κ2) is 8.33. The fourth-order valence-corrected chi connectivity index (χ4v) is 1.49. The Labute approximate surface area is 71.8 Å². The molecule has 11 heavy (non-hydrogen) atoms. The molecule has 0 aromatic rings. The molecule has 0 aliphatic heterocycles. The molecule has 68 valence electrons. The van der Waals surface area contributed by atoms with Crippen LogP contribution in [-0.4, -0.2) is 48.1 Å². The average Bonchev–Trinajstić information content (AvgIpc) is 1.99. The topological polar surface area (TPSA) is 49.7 Å². The van der Waals surface area contributed by atoms with E-state index in [9.17, 15) is 0 Å². The number of aliphatic hydroxyl groups excluding tert-OH is 2. The highest BCUT2D eigenvalue weighted by molar-refractivity contribution is 7.99. The SMILES string of the molecule is COCC(O)CSCCCO. The number of hydrogen-bond donors (Lipinski definition) is 2.